The number of rotatable bonds is 4. The van der Waals surface area contributed by atoms with Crippen LogP contribution < -0.4 is 15.2 Å². The second-order valence-corrected chi connectivity index (χ2v) is 4.27. The number of nitrogens with zero attached hydrogens (tertiary/aromatic N) is 2. The second-order valence-electron chi connectivity index (χ2n) is 4.27. The molecule has 0 spiro atoms. The van der Waals surface area contributed by atoms with Gasteiger partial charge in [0.15, 0.2) is 17.3 Å². The monoisotopic (exact) mass is 261 g/mol. The van der Waals surface area contributed by atoms with Gasteiger partial charge in [0.25, 0.3) is 5.89 Å². The summed E-state index contributed by atoms with van der Waals surface area (Å²) in [5.74, 6) is 2.63. The topological polar surface area (TPSA) is 83.4 Å². The van der Waals surface area contributed by atoms with Gasteiger partial charge in [0.05, 0.1) is 0 Å². The first-order valence-corrected chi connectivity index (χ1v) is 6.29. The minimum Gasteiger partial charge on any atom is -0.486 e. The van der Waals surface area contributed by atoms with Gasteiger partial charge in [0, 0.05) is 12.0 Å². The lowest BCUT2D eigenvalue weighted by atomic mass is 10.2. The molecule has 100 valence electrons. The number of fused-ring (bicyclic) bond motifs is 1. The van der Waals surface area contributed by atoms with E-state index >= 15 is 0 Å². The van der Waals surface area contributed by atoms with Crippen LogP contribution in [-0.2, 0) is 6.42 Å². The van der Waals surface area contributed by atoms with Crippen LogP contribution in [0, 0.1) is 0 Å². The molecule has 3 rings (SSSR count). The fourth-order valence-corrected chi connectivity index (χ4v) is 1.91. The van der Waals surface area contributed by atoms with E-state index in [-0.39, 0.29) is 0 Å². The largest absolute Gasteiger partial charge is 0.486 e. The van der Waals surface area contributed by atoms with Crippen molar-refractivity contribution in [3.05, 3.63) is 24.0 Å². The molecule has 0 atom stereocenters. The fourth-order valence-electron chi connectivity index (χ4n) is 1.91. The molecule has 2 aromatic rings. The van der Waals surface area contributed by atoms with Crippen LogP contribution in [-0.4, -0.2) is 29.9 Å². The third-order valence-electron chi connectivity index (χ3n) is 2.86. The normalized spacial score (nSPS) is 13.5. The van der Waals surface area contributed by atoms with Gasteiger partial charge in [-0.25, -0.2) is 0 Å². The minimum atomic E-state index is 0.490. The quantitative estimate of drug-likeness (QED) is 0.895. The Morgan fingerprint density at radius 3 is 2.84 bits per heavy atom. The van der Waals surface area contributed by atoms with Crippen LogP contribution in [0.15, 0.2) is 22.7 Å². The van der Waals surface area contributed by atoms with E-state index in [4.69, 9.17) is 19.7 Å². The maximum atomic E-state index is 5.53. The Bertz CT molecular complexity index is 568. The number of hydrogen-bond acceptors (Lipinski definition) is 6. The SMILES string of the molecule is NCCCc1noc(-c2ccc3c(c2)OCCO3)n1. The van der Waals surface area contributed by atoms with Crippen molar-refractivity contribution in [3.63, 3.8) is 0 Å². The highest BCUT2D eigenvalue weighted by molar-refractivity contribution is 5.60. The highest BCUT2D eigenvalue weighted by Gasteiger charge is 2.15. The minimum absolute atomic E-state index is 0.490. The van der Waals surface area contributed by atoms with Crippen molar-refractivity contribution in [1.82, 2.24) is 10.1 Å². The number of ether oxygens (including phenoxy) is 2. The molecule has 1 aromatic heterocycles. The summed E-state index contributed by atoms with van der Waals surface area (Å²) in [6.07, 6.45) is 1.57. The van der Waals surface area contributed by atoms with Gasteiger partial charge in [0.1, 0.15) is 13.2 Å². The number of hydrogen-bond donors (Lipinski definition) is 1. The summed E-state index contributed by atoms with van der Waals surface area (Å²) in [4.78, 5) is 4.34. The molecule has 0 amide bonds. The zero-order valence-electron chi connectivity index (χ0n) is 10.5. The van der Waals surface area contributed by atoms with E-state index in [1.165, 1.54) is 0 Å². The Balaban J connectivity index is 1.83. The molecule has 2 N–H and O–H groups in total. The Labute approximate surface area is 110 Å². The molecule has 1 aromatic carbocycles. The zero-order valence-corrected chi connectivity index (χ0v) is 10.5. The van der Waals surface area contributed by atoms with E-state index in [0.717, 1.165) is 24.2 Å². The summed E-state index contributed by atoms with van der Waals surface area (Å²) in [7, 11) is 0. The van der Waals surface area contributed by atoms with Crippen molar-refractivity contribution in [2.75, 3.05) is 19.8 Å². The predicted octanol–water partition coefficient (Wildman–Crippen LogP) is 1.40. The highest BCUT2D eigenvalue weighted by Crippen LogP contribution is 2.33. The smallest absolute Gasteiger partial charge is 0.258 e. The van der Waals surface area contributed by atoms with Gasteiger partial charge < -0.3 is 19.7 Å². The molecular formula is C13H15N3O3. The molecule has 0 unspecified atom stereocenters. The third-order valence-corrected chi connectivity index (χ3v) is 2.86. The van der Waals surface area contributed by atoms with Crippen LogP contribution in [0.4, 0.5) is 0 Å². The number of nitrogens with two attached hydrogens (primary N) is 1. The van der Waals surface area contributed by atoms with Gasteiger partial charge in [-0.2, -0.15) is 4.98 Å². The maximum Gasteiger partial charge on any atom is 0.258 e. The van der Waals surface area contributed by atoms with Crippen molar-refractivity contribution in [3.8, 4) is 23.0 Å². The Hall–Kier alpha value is -2.08. The Kier molecular flexibility index (Phi) is 3.33. The summed E-state index contributed by atoms with van der Waals surface area (Å²) in [6.45, 7) is 1.76. The third kappa shape index (κ3) is 2.53. The lowest BCUT2D eigenvalue weighted by molar-refractivity contribution is 0.171. The molecule has 0 fully saturated rings. The number of aryl methyl sites for hydroxylation is 1. The van der Waals surface area contributed by atoms with Crippen LogP contribution in [0.5, 0.6) is 11.5 Å². The molecule has 0 aliphatic carbocycles. The maximum absolute atomic E-state index is 5.53. The average molecular weight is 261 g/mol. The molecule has 0 saturated heterocycles. The molecule has 1 aliphatic heterocycles. The first kappa shape index (κ1) is 12.0. The van der Waals surface area contributed by atoms with Crippen molar-refractivity contribution >= 4 is 0 Å². The summed E-state index contributed by atoms with van der Waals surface area (Å²) >= 11 is 0. The second kappa shape index (κ2) is 5.27. The highest BCUT2D eigenvalue weighted by atomic mass is 16.6. The first-order valence-electron chi connectivity index (χ1n) is 6.29. The molecule has 0 saturated carbocycles. The number of aromatic nitrogens is 2. The summed E-state index contributed by atoms with van der Waals surface area (Å²) in [6, 6.07) is 5.59. The van der Waals surface area contributed by atoms with Crippen LogP contribution in [0.3, 0.4) is 0 Å². The van der Waals surface area contributed by atoms with Crippen LogP contribution in [0.1, 0.15) is 12.2 Å². The van der Waals surface area contributed by atoms with E-state index in [2.05, 4.69) is 10.1 Å². The molecule has 6 nitrogen and oxygen atoms in total. The first-order chi connectivity index (χ1) is 9.36. The van der Waals surface area contributed by atoms with E-state index in [9.17, 15) is 0 Å². The molecule has 19 heavy (non-hydrogen) atoms. The van der Waals surface area contributed by atoms with E-state index < -0.39 is 0 Å². The van der Waals surface area contributed by atoms with Gasteiger partial charge >= 0.3 is 0 Å². The summed E-state index contributed by atoms with van der Waals surface area (Å²) < 4.78 is 16.2. The van der Waals surface area contributed by atoms with Gasteiger partial charge in [-0.05, 0) is 31.2 Å². The molecule has 6 heteroatoms. The van der Waals surface area contributed by atoms with Crippen molar-refractivity contribution in [2.24, 2.45) is 5.73 Å². The number of benzene rings is 1. The lowest BCUT2D eigenvalue weighted by Gasteiger charge is -2.18. The molecule has 1 aliphatic rings. The molecule has 0 radical (unpaired) electrons. The molecule has 0 bridgehead atoms. The van der Waals surface area contributed by atoms with Gasteiger partial charge in [0.2, 0.25) is 0 Å². The fraction of sp³-hybridized carbons (Fsp3) is 0.385. The van der Waals surface area contributed by atoms with E-state index in [1.807, 2.05) is 18.2 Å². The predicted molar refractivity (Wildman–Crippen MR) is 68.1 cm³/mol. The standard InChI is InChI=1S/C13H15N3O3/c14-5-1-2-12-15-13(19-16-12)9-3-4-10-11(8-9)18-7-6-17-10/h3-4,8H,1-2,5-7,14H2. The Morgan fingerprint density at radius 1 is 1.16 bits per heavy atom. The van der Waals surface area contributed by atoms with E-state index in [0.29, 0.717) is 37.2 Å². The summed E-state index contributed by atoms with van der Waals surface area (Å²) in [5, 5.41) is 3.93. The van der Waals surface area contributed by atoms with Crippen LogP contribution in [0.2, 0.25) is 0 Å². The van der Waals surface area contributed by atoms with E-state index in [1.54, 1.807) is 0 Å². The van der Waals surface area contributed by atoms with Gasteiger partial charge in [-0.15, -0.1) is 0 Å². The molecular weight excluding hydrogens is 246 g/mol. The van der Waals surface area contributed by atoms with Gasteiger partial charge in [-0.1, -0.05) is 5.16 Å². The lowest BCUT2D eigenvalue weighted by Crippen LogP contribution is -2.15. The van der Waals surface area contributed by atoms with Crippen molar-refractivity contribution < 1.29 is 14.0 Å². The molecule has 2 heterocycles. The van der Waals surface area contributed by atoms with Crippen molar-refractivity contribution in [1.29, 1.82) is 0 Å². The average Bonchev–Trinajstić information content (AvgIpc) is 2.93. The van der Waals surface area contributed by atoms with Crippen LogP contribution in [0.25, 0.3) is 11.5 Å². The zero-order chi connectivity index (χ0) is 13.1. The van der Waals surface area contributed by atoms with Crippen molar-refractivity contribution in [2.45, 2.75) is 12.8 Å². The Morgan fingerprint density at radius 2 is 2.00 bits per heavy atom. The van der Waals surface area contributed by atoms with Crippen LogP contribution >= 0.6 is 0 Å². The van der Waals surface area contributed by atoms with Gasteiger partial charge in [-0.3, -0.25) is 0 Å². The summed E-state index contributed by atoms with van der Waals surface area (Å²) in [5.41, 5.74) is 6.28.